The maximum atomic E-state index is 15.9. The minimum absolute atomic E-state index is 0.0842. The Kier molecular flexibility index (Phi) is 7.65. The van der Waals surface area contributed by atoms with Crippen LogP contribution in [-0.4, -0.2) is 49.1 Å². The Balaban J connectivity index is 1.34. The molecule has 1 unspecified atom stereocenters. The van der Waals surface area contributed by atoms with Crippen LogP contribution in [0, 0.1) is 19.7 Å². The average molecular weight is 622 g/mol. The van der Waals surface area contributed by atoms with Crippen molar-refractivity contribution in [1.82, 2.24) is 19.4 Å². The van der Waals surface area contributed by atoms with Crippen molar-refractivity contribution >= 4 is 29.1 Å². The van der Waals surface area contributed by atoms with E-state index in [2.05, 4.69) is 9.97 Å². The number of aromatic nitrogens is 3. The number of hydrogen-bond acceptors (Lipinski definition) is 5. The smallest absolute Gasteiger partial charge is 0.274 e. The molecule has 1 aromatic carbocycles. The van der Waals surface area contributed by atoms with Gasteiger partial charge in [0.05, 0.1) is 27.6 Å². The Morgan fingerprint density at radius 3 is 2.65 bits per heavy atom. The van der Waals surface area contributed by atoms with E-state index in [0.717, 1.165) is 17.5 Å². The normalized spacial score (nSPS) is 21.6. The molecule has 3 atom stereocenters. The Morgan fingerprint density at radius 2 is 1.91 bits per heavy atom. The van der Waals surface area contributed by atoms with E-state index >= 15 is 4.39 Å². The Bertz CT molecular complexity index is 1820. The van der Waals surface area contributed by atoms with Gasteiger partial charge in [0.25, 0.3) is 11.5 Å². The van der Waals surface area contributed by atoms with Crippen LogP contribution in [0.15, 0.2) is 59.8 Å². The second-order valence-electron chi connectivity index (χ2n) is 11.9. The van der Waals surface area contributed by atoms with Crippen molar-refractivity contribution in [2.45, 2.75) is 57.5 Å². The standard InChI is InChI=1S/C33H31Cl2FN4O3/c1-18-14-38-27(22-6-4-7-23(30(22)36)31(41)39-9-5-8-33(3,43)17-39)13-28(18)40-19(2)10-26(29(35)32(40)42)25-12-24(25)20-11-21(34)16-37-15-20/h4,6-7,10-11,13-16,24-25,43H,5,8-9,12,17H2,1-3H3/t24?,25-,33-/m1/s1. The molecule has 1 aliphatic heterocycles. The molecule has 2 fully saturated rings. The zero-order chi connectivity index (χ0) is 30.6. The third-order valence-electron chi connectivity index (χ3n) is 8.49. The average Bonchev–Trinajstić information content (AvgIpc) is 3.76. The van der Waals surface area contributed by atoms with Gasteiger partial charge in [-0.05, 0) is 98.9 Å². The van der Waals surface area contributed by atoms with Crippen molar-refractivity contribution in [3.05, 3.63) is 109 Å². The highest BCUT2D eigenvalue weighted by Crippen LogP contribution is 2.56. The molecule has 0 spiro atoms. The molecule has 2 aliphatic rings. The first kappa shape index (κ1) is 29.5. The van der Waals surface area contributed by atoms with Gasteiger partial charge in [0.2, 0.25) is 0 Å². The molecule has 222 valence electrons. The van der Waals surface area contributed by atoms with Crippen molar-refractivity contribution in [3.63, 3.8) is 0 Å². The molecule has 7 nitrogen and oxygen atoms in total. The summed E-state index contributed by atoms with van der Waals surface area (Å²) in [7, 11) is 0. The van der Waals surface area contributed by atoms with Gasteiger partial charge in [0.1, 0.15) is 10.8 Å². The summed E-state index contributed by atoms with van der Waals surface area (Å²) in [5.74, 6) is -0.914. The molecule has 4 aromatic rings. The number of piperidine rings is 1. The van der Waals surface area contributed by atoms with E-state index in [1.807, 2.05) is 26.0 Å². The van der Waals surface area contributed by atoms with Crippen LogP contribution < -0.4 is 5.56 Å². The van der Waals surface area contributed by atoms with E-state index in [-0.39, 0.29) is 45.8 Å². The monoisotopic (exact) mass is 620 g/mol. The summed E-state index contributed by atoms with van der Waals surface area (Å²) < 4.78 is 17.4. The first-order chi connectivity index (χ1) is 20.4. The molecule has 1 aliphatic carbocycles. The van der Waals surface area contributed by atoms with Gasteiger partial charge in [0, 0.05) is 42.9 Å². The summed E-state index contributed by atoms with van der Waals surface area (Å²) in [6, 6.07) is 10.1. The summed E-state index contributed by atoms with van der Waals surface area (Å²) >= 11 is 12.8. The molecule has 1 saturated carbocycles. The van der Waals surface area contributed by atoms with Gasteiger partial charge in [-0.25, -0.2) is 4.39 Å². The number of hydrogen-bond donors (Lipinski definition) is 1. The third kappa shape index (κ3) is 5.59. The topological polar surface area (TPSA) is 88.3 Å². The van der Waals surface area contributed by atoms with E-state index in [1.54, 1.807) is 43.7 Å². The van der Waals surface area contributed by atoms with E-state index < -0.39 is 17.3 Å². The number of amides is 1. The van der Waals surface area contributed by atoms with E-state index in [1.165, 1.54) is 15.5 Å². The molecule has 0 bridgehead atoms. The van der Waals surface area contributed by atoms with E-state index in [4.69, 9.17) is 23.2 Å². The van der Waals surface area contributed by atoms with Crippen LogP contribution in [0.4, 0.5) is 4.39 Å². The number of carbonyl (C=O) groups excluding carboxylic acids is 1. The molecule has 1 amide bonds. The summed E-state index contributed by atoms with van der Waals surface area (Å²) in [5, 5.41) is 11.2. The molecular weight excluding hydrogens is 590 g/mol. The van der Waals surface area contributed by atoms with Crippen LogP contribution in [0.25, 0.3) is 16.9 Å². The Labute approximate surface area is 258 Å². The SMILES string of the molecule is Cc1cnc(-c2cccc(C(=O)N3CCC[C@@](C)(O)C3)c2F)cc1-n1c(C)cc([C@@H]2CC2c2cncc(Cl)c2)c(Cl)c1=O. The first-order valence-corrected chi connectivity index (χ1v) is 15.0. The van der Waals surface area contributed by atoms with Crippen molar-refractivity contribution in [3.8, 4) is 16.9 Å². The summed E-state index contributed by atoms with van der Waals surface area (Å²) in [6.07, 6.45) is 7.02. The fraction of sp³-hybridized carbons (Fsp3) is 0.333. The van der Waals surface area contributed by atoms with Gasteiger partial charge in [-0.1, -0.05) is 29.3 Å². The van der Waals surface area contributed by atoms with Gasteiger partial charge in [-0.3, -0.25) is 24.1 Å². The predicted octanol–water partition coefficient (Wildman–Crippen LogP) is 6.62. The summed E-state index contributed by atoms with van der Waals surface area (Å²) in [4.78, 5) is 37.1. The third-order valence-corrected chi connectivity index (χ3v) is 9.07. The van der Waals surface area contributed by atoms with Crippen LogP contribution in [0.3, 0.4) is 0 Å². The van der Waals surface area contributed by atoms with E-state index in [9.17, 15) is 14.7 Å². The predicted molar refractivity (Wildman–Crippen MR) is 165 cm³/mol. The van der Waals surface area contributed by atoms with Gasteiger partial charge in [-0.15, -0.1) is 0 Å². The van der Waals surface area contributed by atoms with Crippen molar-refractivity contribution < 1.29 is 14.3 Å². The minimum atomic E-state index is -1.01. The molecule has 4 heterocycles. The highest BCUT2D eigenvalue weighted by molar-refractivity contribution is 6.31. The van der Waals surface area contributed by atoms with Gasteiger partial charge in [0.15, 0.2) is 0 Å². The molecule has 10 heteroatoms. The minimum Gasteiger partial charge on any atom is -0.388 e. The lowest BCUT2D eigenvalue weighted by Gasteiger charge is -2.37. The summed E-state index contributed by atoms with van der Waals surface area (Å²) in [6.45, 7) is 5.93. The second kappa shape index (κ2) is 11.2. The Morgan fingerprint density at radius 1 is 1.12 bits per heavy atom. The number of halogens is 3. The number of pyridine rings is 3. The quantitative estimate of drug-likeness (QED) is 0.271. The number of β-amino-alcohol motifs (C(OH)–C–C–N with tert-alkyl or cyclic N) is 1. The molecule has 0 radical (unpaired) electrons. The maximum absolute atomic E-state index is 15.9. The second-order valence-corrected chi connectivity index (χ2v) is 12.7. The lowest BCUT2D eigenvalue weighted by Crippen LogP contribution is -2.48. The maximum Gasteiger partial charge on any atom is 0.274 e. The number of benzene rings is 1. The molecular formula is C33H31Cl2FN4O3. The highest BCUT2D eigenvalue weighted by Gasteiger charge is 2.42. The number of aliphatic hydroxyl groups is 1. The van der Waals surface area contributed by atoms with Gasteiger partial charge < -0.3 is 10.0 Å². The van der Waals surface area contributed by atoms with Crippen LogP contribution in [0.2, 0.25) is 10.0 Å². The number of rotatable bonds is 5. The van der Waals surface area contributed by atoms with E-state index in [0.29, 0.717) is 41.4 Å². The molecule has 3 aromatic heterocycles. The molecule has 1 N–H and O–H groups in total. The number of nitrogens with zero attached hydrogens (tertiary/aromatic N) is 4. The van der Waals surface area contributed by atoms with Crippen LogP contribution in [0.1, 0.15) is 70.8 Å². The zero-order valence-corrected chi connectivity index (χ0v) is 25.6. The number of likely N-dealkylation sites (tertiary alicyclic amines) is 1. The number of carbonyl (C=O) groups is 1. The van der Waals surface area contributed by atoms with Crippen molar-refractivity contribution in [1.29, 1.82) is 0 Å². The Hall–Kier alpha value is -3.59. The highest BCUT2D eigenvalue weighted by atomic mass is 35.5. The van der Waals surface area contributed by atoms with Gasteiger partial charge in [-0.2, -0.15) is 0 Å². The molecule has 6 rings (SSSR count). The van der Waals surface area contributed by atoms with Crippen molar-refractivity contribution in [2.24, 2.45) is 0 Å². The lowest BCUT2D eigenvalue weighted by atomic mass is 9.94. The zero-order valence-electron chi connectivity index (χ0n) is 24.1. The summed E-state index contributed by atoms with van der Waals surface area (Å²) in [5.41, 5.74) is 2.66. The number of aryl methyl sites for hydroxylation is 2. The van der Waals surface area contributed by atoms with Gasteiger partial charge >= 0.3 is 0 Å². The first-order valence-electron chi connectivity index (χ1n) is 14.3. The molecule has 1 saturated heterocycles. The van der Waals surface area contributed by atoms with Crippen LogP contribution in [-0.2, 0) is 0 Å². The molecule has 43 heavy (non-hydrogen) atoms. The van der Waals surface area contributed by atoms with Crippen LogP contribution in [0.5, 0.6) is 0 Å². The van der Waals surface area contributed by atoms with Crippen LogP contribution >= 0.6 is 23.2 Å². The lowest BCUT2D eigenvalue weighted by molar-refractivity contribution is -0.0109. The largest absolute Gasteiger partial charge is 0.388 e. The van der Waals surface area contributed by atoms with Crippen molar-refractivity contribution in [2.75, 3.05) is 13.1 Å². The fourth-order valence-electron chi connectivity index (χ4n) is 6.20. The fourth-order valence-corrected chi connectivity index (χ4v) is 6.66.